The quantitative estimate of drug-likeness (QED) is 0.477. The number of guanidine groups is 1. The van der Waals surface area contributed by atoms with Crippen LogP contribution in [0.3, 0.4) is 0 Å². The molecule has 2 rings (SSSR count). The van der Waals surface area contributed by atoms with Crippen molar-refractivity contribution in [3.63, 3.8) is 0 Å². The summed E-state index contributed by atoms with van der Waals surface area (Å²) in [5.41, 5.74) is 1.09. The third-order valence-electron chi connectivity index (χ3n) is 4.87. The van der Waals surface area contributed by atoms with E-state index in [0.29, 0.717) is 10.9 Å². The van der Waals surface area contributed by atoms with Crippen LogP contribution in [0.2, 0.25) is 0 Å². The van der Waals surface area contributed by atoms with E-state index in [4.69, 9.17) is 4.74 Å². The van der Waals surface area contributed by atoms with Crippen LogP contribution in [0, 0.1) is 0 Å². The summed E-state index contributed by atoms with van der Waals surface area (Å²) >= 11 is 0. The second-order valence-corrected chi connectivity index (χ2v) is 8.89. The first-order valence-corrected chi connectivity index (χ1v) is 11.3. The average Bonchev–Trinajstić information content (AvgIpc) is 3.09. The number of benzene rings is 1. The summed E-state index contributed by atoms with van der Waals surface area (Å²) in [6, 6.07) is 7.56. The number of hydrogen-bond acceptors (Lipinski definition) is 5. The van der Waals surface area contributed by atoms with Crippen molar-refractivity contribution in [1.29, 1.82) is 0 Å². The van der Waals surface area contributed by atoms with E-state index in [1.807, 2.05) is 12.1 Å². The highest BCUT2D eigenvalue weighted by Gasteiger charge is 2.23. The van der Waals surface area contributed by atoms with Crippen molar-refractivity contribution in [3.05, 3.63) is 29.8 Å². The molecular weight excluding hydrogens is 364 g/mol. The fourth-order valence-electron chi connectivity index (χ4n) is 3.29. The maximum atomic E-state index is 11.5. The second-order valence-electron chi connectivity index (χ2n) is 6.87. The molecule has 1 heterocycles. The standard InChI is InChI=1S/C19H32N4O3S/c1-20-19(22-15-17-5-4-12-23(17)13-14-26-2)21-11-10-16-6-8-18(9-7-16)27(3,24)25/h6-9,17H,4-5,10-15H2,1-3H3,(H2,20,21,22). The van der Waals surface area contributed by atoms with Gasteiger partial charge in [-0.3, -0.25) is 9.89 Å². The number of aliphatic imine (C=N–C) groups is 1. The zero-order valence-corrected chi connectivity index (χ0v) is 17.4. The molecule has 1 atom stereocenters. The minimum absolute atomic E-state index is 0.353. The molecule has 7 nitrogen and oxygen atoms in total. The predicted molar refractivity (Wildman–Crippen MR) is 109 cm³/mol. The molecule has 1 saturated heterocycles. The number of ether oxygens (including phenoxy) is 1. The molecule has 0 saturated carbocycles. The lowest BCUT2D eigenvalue weighted by atomic mass is 10.1. The SMILES string of the molecule is CN=C(NCCc1ccc(S(C)(=O)=O)cc1)NCC1CCCN1CCOC. The van der Waals surface area contributed by atoms with Crippen LogP contribution in [0.1, 0.15) is 18.4 Å². The van der Waals surface area contributed by atoms with Crippen molar-refractivity contribution < 1.29 is 13.2 Å². The zero-order valence-electron chi connectivity index (χ0n) is 16.6. The van der Waals surface area contributed by atoms with Gasteiger partial charge in [-0.1, -0.05) is 12.1 Å². The lowest BCUT2D eigenvalue weighted by Gasteiger charge is -2.25. The molecule has 2 N–H and O–H groups in total. The Morgan fingerprint density at radius 2 is 2.04 bits per heavy atom. The van der Waals surface area contributed by atoms with Gasteiger partial charge in [0.1, 0.15) is 0 Å². The molecule has 0 amide bonds. The number of methoxy groups -OCH3 is 1. The highest BCUT2D eigenvalue weighted by Crippen LogP contribution is 2.15. The van der Waals surface area contributed by atoms with Gasteiger partial charge in [-0.15, -0.1) is 0 Å². The predicted octanol–water partition coefficient (Wildman–Crippen LogP) is 0.908. The van der Waals surface area contributed by atoms with Gasteiger partial charge in [0.2, 0.25) is 0 Å². The maximum Gasteiger partial charge on any atom is 0.191 e. The van der Waals surface area contributed by atoms with Gasteiger partial charge >= 0.3 is 0 Å². The highest BCUT2D eigenvalue weighted by atomic mass is 32.2. The molecule has 0 aromatic heterocycles. The average molecular weight is 397 g/mol. The summed E-state index contributed by atoms with van der Waals surface area (Å²) in [6.07, 6.45) is 4.44. The fraction of sp³-hybridized carbons (Fsp3) is 0.632. The molecular formula is C19H32N4O3S. The number of hydrogen-bond donors (Lipinski definition) is 2. The van der Waals surface area contributed by atoms with E-state index in [-0.39, 0.29) is 0 Å². The monoisotopic (exact) mass is 396 g/mol. The van der Waals surface area contributed by atoms with Gasteiger partial charge in [-0.2, -0.15) is 0 Å². The van der Waals surface area contributed by atoms with Gasteiger partial charge in [0.15, 0.2) is 15.8 Å². The number of sulfone groups is 1. The van der Waals surface area contributed by atoms with Crippen LogP contribution >= 0.6 is 0 Å². The van der Waals surface area contributed by atoms with Crippen LogP contribution in [0.15, 0.2) is 34.2 Å². The molecule has 8 heteroatoms. The fourth-order valence-corrected chi connectivity index (χ4v) is 3.92. The molecule has 1 aliphatic rings. The summed E-state index contributed by atoms with van der Waals surface area (Å²) in [5.74, 6) is 0.793. The van der Waals surface area contributed by atoms with Gasteiger partial charge in [-0.25, -0.2) is 8.42 Å². The normalized spacial score (nSPS) is 18.6. The van der Waals surface area contributed by atoms with Crippen LogP contribution < -0.4 is 10.6 Å². The van der Waals surface area contributed by atoms with E-state index in [0.717, 1.165) is 50.7 Å². The highest BCUT2D eigenvalue weighted by molar-refractivity contribution is 7.90. The van der Waals surface area contributed by atoms with Gasteiger partial charge in [-0.05, 0) is 43.5 Å². The third kappa shape index (κ3) is 7.12. The smallest absolute Gasteiger partial charge is 0.191 e. The lowest BCUT2D eigenvalue weighted by molar-refractivity contribution is 0.141. The van der Waals surface area contributed by atoms with E-state index in [1.54, 1.807) is 26.3 Å². The molecule has 152 valence electrons. The minimum atomic E-state index is -3.14. The summed E-state index contributed by atoms with van der Waals surface area (Å²) in [6.45, 7) is 4.47. The summed E-state index contributed by atoms with van der Waals surface area (Å²) < 4.78 is 28.2. The minimum Gasteiger partial charge on any atom is -0.383 e. The lowest BCUT2D eigenvalue weighted by Crippen LogP contribution is -2.45. The second kappa shape index (κ2) is 10.6. The van der Waals surface area contributed by atoms with Crippen molar-refractivity contribution in [2.24, 2.45) is 4.99 Å². The van der Waals surface area contributed by atoms with Crippen LogP contribution in [-0.4, -0.2) is 78.5 Å². The first kappa shape index (κ1) is 21.7. The van der Waals surface area contributed by atoms with Crippen molar-refractivity contribution in [2.45, 2.75) is 30.2 Å². The number of nitrogens with one attached hydrogen (secondary N) is 2. The molecule has 1 fully saturated rings. The van der Waals surface area contributed by atoms with Gasteiger partial charge in [0.05, 0.1) is 11.5 Å². The van der Waals surface area contributed by atoms with E-state index in [9.17, 15) is 8.42 Å². The first-order valence-electron chi connectivity index (χ1n) is 9.40. The summed E-state index contributed by atoms with van der Waals surface area (Å²) in [5, 5.41) is 6.73. The van der Waals surface area contributed by atoms with E-state index < -0.39 is 9.84 Å². The molecule has 1 aromatic rings. The Morgan fingerprint density at radius 1 is 1.30 bits per heavy atom. The summed E-state index contributed by atoms with van der Waals surface area (Å²) in [4.78, 5) is 7.10. The number of nitrogens with zero attached hydrogens (tertiary/aromatic N) is 2. The molecule has 1 aliphatic heterocycles. The Balaban J connectivity index is 1.74. The van der Waals surface area contributed by atoms with Gasteiger partial charge < -0.3 is 15.4 Å². The Hall–Kier alpha value is -1.64. The van der Waals surface area contributed by atoms with Crippen molar-refractivity contribution in [2.75, 3.05) is 53.2 Å². The molecule has 27 heavy (non-hydrogen) atoms. The van der Waals surface area contributed by atoms with Crippen molar-refractivity contribution in [3.8, 4) is 0 Å². The third-order valence-corrected chi connectivity index (χ3v) is 6.00. The van der Waals surface area contributed by atoms with Crippen molar-refractivity contribution in [1.82, 2.24) is 15.5 Å². The Kier molecular flexibility index (Phi) is 8.53. The Bertz CT molecular complexity index is 704. The molecule has 0 radical (unpaired) electrons. The number of rotatable bonds is 9. The Labute approximate surface area is 163 Å². The molecule has 0 spiro atoms. The topological polar surface area (TPSA) is 83.0 Å². The van der Waals surface area contributed by atoms with Gasteiger partial charge in [0.25, 0.3) is 0 Å². The molecule has 1 unspecified atom stereocenters. The largest absolute Gasteiger partial charge is 0.383 e. The number of likely N-dealkylation sites (tertiary alicyclic amines) is 1. The van der Waals surface area contributed by atoms with E-state index >= 15 is 0 Å². The van der Waals surface area contributed by atoms with Crippen LogP contribution in [0.25, 0.3) is 0 Å². The van der Waals surface area contributed by atoms with Crippen LogP contribution in [-0.2, 0) is 21.0 Å². The van der Waals surface area contributed by atoms with Crippen LogP contribution in [0.5, 0.6) is 0 Å². The van der Waals surface area contributed by atoms with E-state index in [1.165, 1.54) is 19.1 Å². The summed E-state index contributed by atoms with van der Waals surface area (Å²) in [7, 11) is 0.371. The Morgan fingerprint density at radius 3 is 2.67 bits per heavy atom. The molecule has 1 aromatic carbocycles. The molecule has 0 aliphatic carbocycles. The van der Waals surface area contributed by atoms with Crippen LogP contribution in [0.4, 0.5) is 0 Å². The molecule has 0 bridgehead atoms. The van der Waals surface area contributed by atoms with Crippen molar-refractivity contribution >= 4 is 15.8 Å². The van der Waals surface area contributed by atoms with Gasteiger partial charge in [0, 0.05) is 46.1 Å². The maximum absolute atomic E-state index is 11.5. The van der Waals surface area contributed by atoms with E-state index in [2.05, 4.69) is 20.5 Å². The first-order chi connectivity index (χ1) is 12.9. The zero-order chi connectivity index (χ0) is 19.7.